The monoisotopic (exact) mass is 478 g/mol. The van der Waals surface area contributed by atoms with Gasteiger partial charge in [-0.25, -0.2) is 4.79 Å². The van der Waals surface area contributed by atoms with E-state index in [9.17, 15) is 9.90 Å². The van der Waals surface area contributed by atoms with Gasteiger partial charge in [-0.15, -0.1) is 0 Å². The van der Waals surface area contributed by atoms with Crippen LogP contribution in [-0.4, -0.2) is 63.7 Å². The number of fused-ring (bicyclic) bond motifs is 2. The van der Waals surface area contributed by atoms with Gasteiger partial charge in [0.25, 0.3) is 0 Å². The molecule has 35 heavy (non-hydrogen) atoms. The topological polar surface area (TPSA) is 62.2 Å². The van der Waals surface area contributed by atoms with Crippen molar-refractivity contribution in [1.82, 2.24) is 0 Å². The zero-order chi connectivity index (χ0) is 24.6. The van der Waals surface area contributed by atoms with E-state index in [-0.39, 0.29) is 5.41 Å². The lowest BCUT2D eigenvalue weighted by atomic mass is 9.75. The summed E-state index contributed by atoms with van der Waals surface area (Å²) in [5.74, 6) is -0.858. The highest BCUT2D eigenvalue weighted by Crippen LogP contribution is 2.46. The normalized spacial score (nSPS) is 19.7. The van der Waals surface area contributed by atoms with Crippen LogP contribution in [0.5, 0.6) is 0 Å². The molecule has 0 aliphatic carbocycles. The summed E-state index contributed by atoms with van der Waals surface area (Å²) in [4.78, 5) is 17.0. The van der Waals surface area contributed by atoms with Crippen LogP contribution in [0.1, 0.15) is 65.2 Å². The fourth-order valence-corrected chi connectivity index (χ4v) is 6.50. The quantitative estimate of drug-likeness (QED) is 0.644. The molecule has 0 aromatic heterocycles. The van der Waals surface area contributed by atoms with Gasteiger partial charge in [-0.2, -0.15) is 0 Å². The molecule has 1 spiro atoms. The first-order valence-corrected chi connectivity index (χ1v) is 13.1. The summed E-state index contributed by atoms with van der Waals surface area (Å²) >= 11 is 0. The van der Waals surface area contributed by atoms with E-state index < -0.39 is 5.97 Å². The van der Waals surface area contributed by atoms with Crippen molar-refractivity contribution >= 4 is 17.3 Å². The smallest absolute Gasteiger partial charge is 0.336 e. The van der Waals surface area contributed by atoms with Crippen molar-refractivity contribution in [3.63, 3.8) is 0 Å². The number of rotatable bonds is 6. The second-order valence-electron chi connectivity index (χ2n) is 10.5. The zero-order valence-corrected chi connectivity index (χ0v) is 21.3. The zero-order valence-electron chi connectivity index (χ0n) is 21.3. The van der Waals surface area contributed by atoms with E-state index in [1.807, 2.05) is 13.0 Å². The molecule has 3 aliphatic rings. The number of hydrogen-bond acceptors (Lipinski definition) is 5. The molecule has 0 unspecified atom stereocenters. The molecule has 0 saturated carbocycles. The van der Waals surface area contributed by atoms with Gasteiger partial charge in [-0.3, -0.25) is 0 Å². The van der Waals surface area contributed by atoms with Crippen molar-refractivity contribution < 1.29 is 19.4 Å². The molecule has 5 rings (SSSR count). The summed E-state index contributed by atoms with van der Waals surface area (Å²) < 4.78 is 11.2. The third kappa shape index (κ3) is 4.54. The number of carbonyl (C=O) groups is 1. The standard InChI is InChI=1S/C29H38N2O4/c1-4-31(23-7-11-34-12-8-23)26-18-22(16-24(20(26)2)28(32)33)15-21-5-6-25-27(17-21)30(3)19-29(25)9-13-35-14-10-29/h5-6,16-18,23H,4,7-15,19H2,1-3H3,(H,32,33). The van der Waals surface area contributed by atoms with Crippen molar-refractivity contribution in [1.29, 1.82) is 0 Å². The van der Waals surface area contributed by atoms with E-state index in [1.165, 1.54) is 16.8 Å². The molecular weight excluding hydrogens is 440 g/mol. The van der Waals surface area contributed by atoms with Crippen molar-refractivity contribution in [2.24, 2.45) is 0 Å². The number of benzene rings is 2. The van der Waals surface area contributed by atoms with Crippen LogP contribution in [-0.2, 0) is 21.3 Å². The van der Waals surface area contributed by atoms with Crippen LogP contribution in [0.15, 0.2) is 30.3 Å². The van der Waals surface area contributed by atoms with Gasteiger partial charge in [-0.05, 0) is 86.4 Å². The van der Waals surface area contributed by atoms with Crippen LogP contribution >= 0.6 is 0 Å². The largest absolute Gasteiger partial charge is 0.478 e. The van der Waals surface area contributed by atoms with Crippen molar-refractivity contribution in [2.45, 2.75) is 57.4 Å². The number of likely N-dealkylation sites (N-methyl/N-ethyl adjacent to an activating group) is 1. The van der Waals surface area contributed by atoms with E-state index in [4.69, 9.17) is 9.47 Å². The van der Waals surface area contributed by atoms with E-state index in [0.29, 0.717) is 11.6 Å². The van der Waals surface area contributed by atoms with Crippen LogP contribution < -0.4 is 9.80 Å². The van der Waals surface area contributed by atoms with E-state index in [0.717, 1.165) is 88.4 Å². The summed E-state index contributed by atoms with van der Waals surface area (Å²) in [6.07, 6.45) is 4.82. The van der Waals surface area contributed by atoms with Crippen LogP contribution in [0.3, 0.4) is 0 Å². The van der Waals surface area contributed by atoms with Crippen LogP contribution in [0.25, 0.3) is 0 Å². The Morgan fingerprint density at radius 2 is 1.80 bits per heavy atom. The Balaban J connectivity index is 1.47. The van der Waals surface area contributed by atoms with Gasteiger partial charge in [0.15, 0.2) is 0 Å². The van der Waals surface area contributed by atoms with Gasteiger partial charge >= 0.3 is 5.97 Å². The molecular formula is C29H38N2O4. The molecule has 1 N–H and O–H groups in total. The lowest BCUT2D eigenvalue weighted by molar-refractivity contribution is 0.0556. The van der Waals surface area contributed by atoms with Gasteiger partial charge in [0.1, 0.15) is 0 Å². The highest BCUT2D eigenvalue weighted by molar-refractivity contribution is 5.91. The molecule has 6 nitrogen and oxygen atoms in total. The molecule has 2 fully saturated rings. The molecule has 3 heterocycles. The average Bonchev–Trinajstić information content (AvgIpc) is 3.12. The molecule has 2 aromatic carbocycles. The van der Waals surface area contributed by atoms with Crippen molar-refractivity contribution in [3.05, 3.63) is 58.1 Å². The van der Waals surface area contributed by atoms with Gasteiger partial charge < -0.3 is 24.4 Å². The van der Waals surface area contributed by atoms with Gasteiger partial charge in [0.2, 0.25) is 0 Å². The summed E-state index contributed by atoms with van der Waals surface area (Å²) in [5, 5.41) is 9.99. The number of aromatic carboxylic acids is 1. The molecule has 6 heteroatoms. The van der Waals surface area contributed by atoms with Crippen LogP contribution in [0.2, 0.25) is 0 Å². The molecule has 0 bridgehead atoms. The van der Waals surface area contributed by atoms with E-state index in [2.05, 4.69) is 48.0 Å². The Kier molecular flexibility index (Phi) is 6.78. The van der Waals surface area contributed by atoms with Gasteiger partial charge in [0.05, 0.1) is 5.56 Å². The Morgan fingerprint density at radius 1 is 1.09 bits per heavy atom. The van der Waals surface area contributed by atoms with Crippen molar-refractivity contribution in [2.75, 3.05) is 56.4 Å². The van der Waals surface area contributed by atoms with Gasteiger partial charge in [0, 0.05) is 69.4 Å². The molecule has 188 valence electrons. The first kappa shape index (κ1) is 24.1. The minimum absolute atomic E-state index is 0.208. The molecule has 2 aromatic rings. The van der Waals surface area contributed by atoms with Gasteiger partial charge in [-0.1, -0.05) is 12.1 Å². The molecule has 2 saturated heterocycles. The Labute approximate surface area is 208 Å². The predicted octanol–water partition coefficient (Wildman–Crippen LogP) is 4.79. The Hall–Kier alpha value is -2.57. The highest BCUT2D eigenvalue weighted by atomic mass is 16.5. The maximum absolute atomic E-state index is 12.2. The third-order valence-electron chi connectivity index (χ3n) is 8.39. The summed E-state index contributed by atoms with van der Waals surface area (Å²) in [7, 11) is 2.19. The van der Waals surface area contributed by atoms with Crippen LogP contribution in [0, 0.1) is 6.92 Å². The fourth-order valence-electron chi connectivity index (χ4n) is 6.50. The minimum Gasteiger partial charge on any atom is -0.478 e. The lowest BCUT2D eigenvalue weighted by Gasteiger charge is -2.36. The predicted molar refractivity (Wildman–Crippen MR) is 139 cm³/mol. The maximum Gasteiger partial charge on any atom is 0.336 e. The fraction of sp³-hybridized carbons (Fsp3) is 0.552. The second-order valence-corrected chi connectivity index (χ2v) is 10.5. The van der Waals surface area contributed by atoms with E-state index in [1.54, 1.807) is 0 Å². The minimum atomic E-state index is -0.858. The van der Waals surface area contributed by atoms with E-state index >= 15 is 0 Å². The number of carboxylic acid groups (broad SMARTS) is 1. The Bertz CT molecular complexity index is 1090. The molecule has 0 atom stereocenters. The molecule has 3 aliphatic heterocycles. The summed E-state index contributed by atoms with van der Waals surface area (Å²) in [6, 6.07) is 11.3. The Morgan fingerprint density at radius 3 is 2.49 bits per heavy atom. The lowest BCUT2D eigenvalue weighted by Crippen LogP contribution is -2.40. The maximum atomic E-state index is 12.2. The number of hydrogen-bond donors (Lipinski definition) is 1. The third-order valence-corrected chi connectivity index (χ3v) is 8.39. The average molecular weight is 479 g/mol. The first-order chi connectivity index (χ1) is 16.9. The number of nitrogens with zero attached hydrogens (tertiary/aromatic N) is 2. The summed E-state index contributed by atoms with van der Waals surface area (Å²) in [5.41, 5.74) is 7.54. The number of anilines is 2. The summed E-state index contributed by atoms with van der Waals surface area (Å²) in [6.45, 7) is 9.20. The highest BCUT2D eigenvalue weighted by Gasteiger charge is 2.42. The van der Waals surface area contributed by atoms with Crippen molar-refractivity contribution in [3.8, 4) is 0 Å². The number of ether oxygens (including phenoxy) is 2. The first-order valence-electron chi connectivity index (χ1n) is 13.1. The van der Waals surface area contributed by atoms with Crippen LogP contribution in [0.4, 0.5) is 11.4 Å². The molecule has 0 radical (unpaired) electrons. The second kappa shape index (κ2) is 9.82. The molecule has 0 amide bonds. The SMILES string of the molecule is CCN(c1cc(Cc2ccc3c(c2)N(C)CC32CCOCC2)cc(C(=O)O)c1C)C1CCOCC1. The number of carboxylic acids is 1.